The van der Waals surface area contributed by atoms with Gasteiger partial charge in [-0.3, -0.25) is 4.79 Å². The van der Waals surface area contributed by atoms with Gasteiger partial charge in [0.15, 0.2) is 0 Å². The molecule has 0 aromatic rings. The second kappa shape index (κ2) is 5.15. The number of hydrogen-bond acceptors (Lipinski definition) is 1. The summed E-state index contributed by atoms with van der Waals surface area (Å²) in [6.07, 6.45) is 5.89. The number of allylic oxidation sites excluding steroid dienone is 3. The Morgan fingerprint density at radius 3 is 2.67 bits per heavy atom. The standard InChI is InChI=1S/C13H20O2/c1-9(2)12(8-13(14)15)11-7-5-4-6-10(11)3/h7,10H,4-6,8H2,1-3H3,(H,14,15). The Balaban J connectivity index is 2.94. The average Bonchev–Trinajstić information content (AvgIpc) is 2.15. The normalized spacial score (nSPS) is 20.7. The van der Waals surface area contributed by atoms with Crippen LogP contribution in [0, 0.1) is 5.92 Å². The lowest BCUT2D eigenvalue weighted by Crippen LogP contribution is -2.11. The molecule has 0 radical (unpaired) electrons. The summed E-state index contributed by atoms with van der Waals surface area (Å²) in [5.41, 5.74) is 3.44. The van der Waals surface area contributed by atoms with Gasteiger partial charge in [-0.05, 0) is 50.2 Å². The van der Waals surface area contributed by atoms with Gasteiger partial charge in [0, 0.05) is 0 Å². The second-order valence-electron chi connectivity index (χ2n) is 4.54. The van der Waals surface area contributed by atoms with Gasteiger partial charge in [-0.15, -0.1) is 0 Å². The largest absolute Gasteiger partial charge is 0.481 e. The number of carboxylic acid groups (broad SMARTS) is 1. The fraction of sp³-hybridized carbons (Fsp3) is 0.615. The summed E-state index contributed by atoms with van der Waals surface area (Å²) in [6, 6.07) is 0. The molecule has 0 saturated heterocycles. The molecule has 2 heteroatoms. The van der Waals surface area contributed by atoms with Gasteiger partial charge >= 0.3 is 5.97 Å². The third-order valence-electron chi connectivity index (χ3n) is 3.02. The Kier molecular flexibility index (Phi) is 4.13. The lowest BCUT2D eigenvalue weighted by atomic mass is 9.82. The maximum absolute atomic E-state index is 10.8. The van der Waals surface area contributed by atoms with E-state index in [1.807, 2.05) is 13.8 Å². The molecule has 1 atom stereocenters. The molecule has 1 aliphatic rings. The number of rotatable bonds is 3. The Morgan fingerprint density at radius 1 is 1.53 bits per heavy atom. The van der Waals surface area contributed by atoms with Gasteiger partial charge in [-0.2, -0.15) is 0 Å². The number of aliphatic carboxylic acids is 1. The summed E-state index contributed by atoms with van der Waals surface area (Å²) in [7, 11) is 0. The fourth-order valence-corrected chi connectivity index (χ4v) is 2.18. The van der Waals surface area contributed by atoms with Gasteiger partial charge < -0.3 is 5.11 Å². The van der Waals surface area contributed by atoms with E-state index in [4.69, 9.17) is 5.11 Å². The van der Waals surface area contributed by atoms with Crippen molar-refractivity contribution >= 4 is 5.97 Å². The maximum atomic E-state index is 10.8. The molecule has 1 unspecified atom stereocenters. The first kappa shape index (κ1) is 12.0. The summed E-state index contributed by atoms with van der Waals surface area (Å²) in [4.78, 5) is 10.8. The predicted molar refractivity (Wildman–Crippen MR) is 61.7 cm³/mol. The van der Waals surface area contributed by atoms with Crippen molar-refractivity contribution in [1.82, 2.24) is 0 Å². The van der Waals surface area contributed by atoms with E-state index in [1.165, 1.54) is 18.4 Å². The zero-order valence-corrected chi connectivity index (χ0v) is 9.84. The van der Waals surface area contributed by atoms with Crippen LogP contribution in [0.3, 0.4) is 0 Å². The lowest BCUT2D eigenvalue weighted by molar-refractivity contribution is -0.136. The molecule has 0 saturated carbocycles. The van der Waals surface area contributed by atoms with Gasteiger partial charge in [-0.1, -0.05) is 18.6 Å². The van der Waals surface area contributed by atoms with Gasteiger partial charge in [0.1, 0.15) is 0 Å². The van der Waals surface area contributed by atoms with E-state index in [0.717, 1.165) is 17.6 Å². The molecule has 0 amide bonds. The highest BCUT2D eigenvalue weighted by Crippen LogP contribution is 2.32. The van der Waals surface area contributed by atoms with Crippen molar-refractivity contribution in [2.24, 2.45) is 5.92 Å². The third kappa shape index (κ3) is 3.22. The van der Waals surface area contributed by atoms with Crippen LogP contribution in [-0.4, -0.2) is 11.1 Å². The van der Waals surface area contributed by atoms with Gasteiger partial charge in [0.25, 0.3) is 0 Å². The second-order valence-corrected chi connectivity index (χ2v) is 4.54. The highest BCUT2D eigenvalue weighted by Gasteiger charge is 2.19. The molecule has 1 N–H and O–H groups in total. The van der Waals surface area contributed by atoms with Crippen LogP contribution in [-0.2, 0) is 4.79 Å². The quantitative estimate of drug-likeness (QED) is 0.770. The van der Waals surface area contributed by atoms with Crippen LogP contribution in [0.4, 0.5) is 0 Å². The molecule has 1 aliphatic carbocycles. The van der Waals surface area contributed by atoms with Crippen molar-refractivity contribution in [2.45, 2.75) is 46.5 Å². The first-order valence-electron chi connectivity index (χ1n) is 5.61. The summed E-state index contributed by atoms with van der Waals surface area (Å²) >= 11 is 0. The van der Waals surface area contributed by atoms with Gasteiger partial charge in [0.2, 0.25) is 0 Å². The van der Waals surface area contributed by atoms with E-state index in [1.54, 1.807) is 0 Å². The topological polar surface area (TPSA) is 37.3 Å². The fourth-order valence-electron chi connectivity index (χ4n) is 2.18. The van der Waals surface area contributed by atoms with Crippen molar-refractivity contribution < 1.29 is 9.90 Å². The van der Waals surface area contributed by atoms with Crippen LogP contribution in [0.15, 0.2) is 22.8 Å². The van der Waals surface area contributed by atoms with Crippen LogP contribution in [0.1, 0.15) is 46.5 Å². The van der Waals surface area contributed by atoms with E-state index < -0.39 is 5.97 Å². The first-order chi connectivity index (χ1) is 7.02. The minimum absolute atomic E-state index is 0.165. The van der Waals surface area contributed by atoms with Crippen molar-refractivity contribution in [1.29, 1.82) is 0 Å². The zero-order chi connectivity index (χ0) is 11.4. The molecule has 1 rings (SSSR count). The molecule has 0 aromatic carbocycles. The minimum Gasteiger partial charge on any atom is -0.481 e. The molecule has 0 bridgehead atoms. The number of carboxylic acids is 1. The first-order valence-corrected chi connectivity index (χ1v) is 5.61. The van der Waals surface area contributed by atoms with Crippen molar-refractivity contribution in [3.05, 3.63) is 22.8 Å². The molecule has 0 spiro atoms. The third-order valence-corrected chi connectivity index (χ3v) is 3.02. The highest BCUT2D eigenvalue weighted by molar-refractivity contribution is 5.72. The Hall–Kier alpha value is -1.05. The molecule has 0 aromatic heterocycles. The van der Waals surface area contributed by atoms with Gasteiger partial charge in [-0.25, -0.2) is 0 Å². The van der Waals surface area contributed by atoms with Crippen molar-refractivity contribution in [3.63, 3.8) is 0 Å². The predicted octanol–water partition coefficient (Wildman–Crippen LogP) is 3.54. The van der Waals surface area contributed by atoms with Gasteiger partial charge in [0.05, 0.1) is 6.42 Å². The van der Waals surface area contributed by atoms with Crippen LogP contribution >= 0.6 is 0 Å². The number of carbonyl (C=O) groups is 1. The van der Waals surface area contributed by atoms with Crippen LogP contribution in [0.2, 0.25) is 0 Å². The Labute approximate surface area is 91.7 Å². The zero-order valence-electron chi connectivity index (χ0n) is 9.84. The summed E-state index contributed by atoms with van der Waals surface area (Å²) in [5, 5.41) is 8.89. The van der Waals surface area contributed by atoms with E-state index in [9.17, 15) is 4.79 Å². The van der Waals surface area contributed by atoms with Crippen LogP contribution in [0.25, 0.3) is 0 Å². The molecule has 0 fully saturated rings. The van der Waals surface area contributed by atoms with E-state index in [2.05, 4.69) is 13.0 Å². The number of hydrogen-bond donors (Lipinski definition) is 1. The summed E-state index contributed by atoms with van der Waals surface area (Å²) < 4.78 is 0. The van der Waals surface area contributed by atoms with Crippen LogP contribution in [0.5, 0.6) is 0 Å². The molecule has 84 valence electrons. The molecule has 0 aliphatic heterocycles. The Bertz CT molecular complexity index is 306. The maximum Gasteiger partial charge on any atom is 0.307 e. The van der Waals surface area contributed by atoms with E-state index >= 15 is 0 Å². The lowest BCUT2D eigenvalue weighted by Gasteiger charge is -2.23. The smallest absolute Gasteiger partial charge is 0.307 e. The van der Waals surface area contributed by atoms with Crippen molar-refractivity contribution in [2.75, 3.05) is 0 Å². The molecular formula is C13H20O2. The summed E-state index contributed by atoms with van der Waals surface area (Å²) in [6.45, 7) is 6.19. The monoisotopic (exact) mass is 208 g/mol. The SMILES string of the molecule is CC(C)=C(CC(=O)O)C1=CCCCC1C. The van der Waals surface area contributed by atoms with E-state index in [0.29, 0.717) is 5.92 Å². The van der Waals surface area contributed by atoms with Crippen molar-refractivity contribution in [3.8, 4) is 0 Å². The minimum atomic E-state index is -0.732. The summed E-state index contributed by atoms with van der Waals surface area (Å²) in [5.74, 6) is -0.215. The average molecular weight is 208 g/mol. The highest BCUT2D eigenvalue weighted by atomic mass is 16.4. The Morgan fingerprint density at radius 2 is 2.20 bits per heavy atom. The molecular weight excluding hydrogens is 188 g/mol. The van der Waals surface area contributed by atoms with E-state index in [-0.39, 0.29) is 6.42 Å². The van der Waals surface area contributed by atoms with Crippen LogP contribution < -0.4 is 0 Å². The molecule has 0 heterocycles. The molecule has 2 nitrogen and oxygen atoms in total. The molecule has 15 heavy (non-hydrogen) atoms.